The second kappa shape index (κ2) is 6.55. The third kappa shape index (κ3) is 3.71. The summed E-state index contributed by atoms with van der Waals surface area (Å²) in [5, 5.41) is 6.69. The standard InChI is InChI=1S/C15H28N2O/c1-11-6-5-9-16-14(11)10-15(18)17-12(2)13-7-3-4-8-13/h11-14,16H,3-10H2,1-2H3,(H,17,18). The largest absolute Gasteiger partial charge is 0.353 e. The lowest BCUT2D eigenvalue weighted by Gasteiger charge is -2.30. The van der Waals surface area contributed by atoms with E-state index in [0.717, 1.165) is 6.54 Å². The Hall–Kier alpha value is -0.570. The van der Waals surface area contributed by atoms with Gasteiger partial charge in [0.1, 0.15) is 0 Å². The third-order valence-electron chi connectivity index (χ3n) is 4.83. The maximum atomic E-state index is 12.1. The van der Waals surface area contributed by atoms with Crippen molar-refractivity contribution in [1.29, 1.82) is 0 Å². The summed E-state index contributed by atoms with van der Waals surface area (Å²) < 4.78 is 0. The Balaban J connectivity index is 1.73. The van der Waals surface area contributed by atoms with Crippen molar-refractivity contribution in [2.24, 2.45) is 11.8 Å². The van der Waals surface area contributed by atoms with Crippen LogP contribution in [-0.2, 0) is 4.79 Å². The minimum Gasteiger partial charge on any atom is -0.353 e. The second-order valence-corrected chi connectivity index (χ2v) is 6.28. The first-order valence-electron chi connectivity index (χ1n) is 7.69. The lowest BCUT2D eigenvalue weighted by molar-refractivity contribution is -0.122. The highest BCUT2D eigenvalue weighted by Gasteiger charge is 2.26. The number of carbonyl (C=O) groups excluding carboxylic acids is 1. The van der Waals surface area contributed by atoms with Crippen LogP contribution in [0.4, 0.5) is 0 Å². The van der Waals surface area contributed by atoms with Gasteiger partial charge >= 0.3 is 0 Å². The molecular formula is C15H28N2O. The summed E-state index contributed by atoms with van der Waals surface area (Å²) in [5.74, 6) is 1.58. The van der Waals surface area contributed by atoms with E-state index in [9.17, 15) is 4.79 Å². The zero-order valence-electron chi connectivity index (χ0n) is 11.9. The van der Waals surface area contributed by atoms with Crippen LogP contribution in [0.1, 0.15) is 58.8 Å². The molecule has 1 aliphatic heterocycles. The first-order valence-corrected chi connectivity index (χ1v) is 7.69. The SMILES string of the molecule is CC1CCCNC1CC(=O)NC(C)C1CCCC1. The quantitative estimate of drug-likeness (QED) is 0.807. The number of piperidine rings is 1. The molecule has 0 aromatic heterocycles. The second-order valence-electron chi connectivity index (χ2n) is 6.28. The van der Waals surface area contributed by atoms with Gasteiger partial charge in [-0.15, -0.1) is 0 Å². The fourth-order valence-corrected chi connectivity index (χ4v) is 3.48. The maximum absolute atomic E-state index is 12.1. The van der Waals surface area contributed by atoms with E-state index >= 15 is 0 Å². The first-order chi connectivity index (χ1) is 8.66. The maximum Gasteiger partial charge on any atom is 0.221 e. The first kappa shape index (κ1) is 13.9. The lowest BCUT2D eigenvalue weighted by Crippen LogP contribution is -2.45. The molecule has 0 bridgehead atoms. The average molecular weight is 252 g/mol. The Morgan fingerprint density at radius 1 is 1.28 bits per heavy atom. The Bertz CT molecular complexity index is 274. The molecule has 2 aliphatic rings. The molecule has 3 atom stereocenters. The van der Waals surface area contributed by atoms with Crippen molar-refractivity contribution in [3.63, 3.8) is 0 Å². The van der Waals surface area contributed by atoms with Gasteiger partial charge < -0.3 is 10.6 Å². The smallest absolute Gasteiger partial charge is 0.221 e. The molecule has 18 heavy (non-hydrogen) atoms. The molecule has 2 fully saturated rings. The summed E-state index contributed by atoms with van der Waals surface area (Å²) in [4.78, 5) is 12.1. The van der Waals surface area contributed by atoms with Crippen molar-refractivity contribution >= 4 is 5.91 Å². The highest BCUT2D eigenvalue weighted by atomic mass is 16.1. The minimum atomic E-state index is 0.237. The van der Waals surface area contributed by atoms with Gasteiger partial charge in [-0.2, -0.15) is 0 Å². The molecule has 0 spiro atoms. The molecule has 1 amide bonds. The molecule has 3 unspecified atom stereocenters. The fraction of sp³-hybridized carbons (Fsp3) is 0.933. The van der Waals surface area contributed by atoms with Gasteiger partial charge in [-0.3, -0.25) is 4.79 Å². The molecule has 3 heteroatoms. The van der Waals surface area contributed by atoms with Gasteiger partial charge in [-0.25, -0.2) is 0 Å². The topological polar surface area (TPSA) is 41.1 Å². The molecule has 1 saturated carbocycles. The number of hydrogen-bond acceptors (Lipinski definition) is 2. The average Bonchev–Trinajstić information content (AvgIpc) is 2.85. The highest BCUT2D eigenvalue weighted by Crippen LogP contribution is 2.27. The zero-order valence-corrected chi connectivity index (χ0v) is 11.9. The van der Waals surface area contributed by atoms with Crippen LogP contribution < -0.4 is 10.6 Å². The monoisotopic (exact) mass is 252 g/mol. The molecule has 0 aromatic carbocycles. The Morgan fingerprint density at radius 3 is 2.67 bits per heavy atom. The molecule has 3 nitrogen and oxygen atoms in total. The van der Waals surface area contributed by atoms with Crippen LogP contribution in [0.5, 0.6) is 0 Å². The number of rotatable bonds is 4. The molecule has 0 aromatic rings. The lowest BCUT2D eigenvalue weighted by atomic mass is 9.90. The minimum absolute atomic E-state index is 0.237. The number of amides is 1. The van der Waals surface area contributed by atoms with Gasteiger partial charge in [-0.05, 0) is 51.0 Å². The summed E-state index contributed by atoms with van der Waals surface area (Å²) >= 11 is 0. The van der Waals surface area contributed by atoms with E-state index in [1.165, 1.54) is 38.5 Å². The normalized spacial score (nSPS) is 31.2. The summed E-state index contributed by atoms with van der Waals surface area (Å²) in [5.41, 5.74) is 0. The highest BCUT2D eigenvalue weighted by molar-refractivity contribution is 5.77. The predicted molar refractivity (Wildman–Crippen MR) is 74.4 cm³/mol. The van der Waals surface area contributed by atoms with Gasteiger partial charge in [-0.1, -0.05) is 19.8 Å². The van der Waals surface area contributed by atoms with Crippen molar-refractivity contribution in [3.8, 4) is 0 Å². The Kier molecular flexibility index (Phi) is 5.04. The zero-order chi connectivity index (χ0) is 13.0. The summed E-state index contributed by atoms with van der Waals surface area (Å²) in [6, 6.07) is 0.744. The van der Waals surface area contributed by atoms with E-state index in [1.54, 1.807) is 0 Å². The molecule has 1 heterocycles. The van der Waals surface area contributed by atoms with Gasteiger partial charge in [0.2, 0.25) is 5.91 Å². The van der Waals surface area contributed by atoms with E-state index < -0.39 is 0 Å². The van der Waals surface area contributed by atoms with Crippen molar-refractivity contribution in [2.75, 3.05) is 6.54 Å². The van der Waals surface area contributed by atoms with Gasteiger partial charge in [0.15, 0.2) is 0 Å². The van der Waals surface area contributed by atoms with Crippen LogP contribution in [0.25, 0.3) is 0 Å². The van der Waals surface area contributed by atoms with Crippen molar-refractivity contribution in [2.45, 2.75) is 70.9 Å². The summed E-state index contributed by atoms with van der Waals surface area (Å²) in [6.45, 7) is 5.50. The Labute approximate surface area is 111 Å². The van der Waals surface area contributed by atoms with Gasteiger partial charge in [0.05, 0.1) is 0 Å². The van der Waals surface area contributed by atoms with E-state index in [-0.39, 0.29) is 5.91 Å². The molecule has 104 valence electrons. The van der Waals surface area contributed by atoms with Crippen LogP contribution in [0.3, 0.4) is 0 Å². The van der Waals surface area contributed by atoms with Crippen LogP contribution in [-0.4, -0.2) is 24.5 Å². The molecule has 2 N–H and O–H groups in total. The molecular weight excluding hydrogens is 224 g/mol. The third-order valence-corrected chi connectivity index (χ3v) is 4.83. The van der Waals surface area contributed by atoms with E-state index in [4.69, 9.17) is 0 Å². The number of hydrogen-bond donors (Lipinski definition) is 2. The van der Waals surface area contributed by atoms with Crippen LogP contribution in [0, 0.1) is 11.8 Å². The molecule has 2 rings (SSSR count). The van der Waals surface area contributed by atoms with Crippen LogP contribution in [0.2, 0.25) is 0 Å². The Morgan fingerprint density at radius 2 is 2.00 bits per heavy atom. The van der Waals surface area contributed by atoms with E-state index in [2.05, 4.69) is 24.5 Å². The van der Waals surface area contributed by atoms with Crippen molar-refractivity contribution in [3.05, 3.63) is 0 Å². The molecule has 0 radical (unpaired) electrons. The van der Waals surface area contributed by atoms with Gasteiger partial charge in [0, 0.05) is 18.5 Å². The van der Waals surface area contributed by atoms with Crippen LogP contribution >= 0.6 is 0 Å². The van der Waals surface area contributed by atoms with E-state index in [0.29, 0.717) is 30.3 Å². The van der Waals surface area contributed by atoms with Crippen LogP contribution in [0.15, 0.2) is 0 Å². The van der Waals surface area contributed by atoms with Gasteiger partial charge in [0.25, 0.3) is 0 Å². The van der Waals surface area contributed by atoms with Crippen molar-refractivity contribution in [1.82, 2.24) is 10.6 Å². The number of carbonyl (C=O) groups is 1. The predicted octanol–water partition coefficient (Wildman–Crippen LogP) is 2.46. The summed E-state index contributed by atoms with van der Waals surface area (Å²) in [7, 11) is 0. The molecule has 1 aliphatic carbocycles. The number of nitrogens with one attached hydrogen (secondary N) is 2. The van der Waals surface area contributed by atoms with E-state index in [1.807, 2.05) is 0 Å². The molecule has 1 saturated heterocycles. The summed E-state index contributed by atoms with van der Waals surface area (Å²) in [6.07, 6.45) is 8.41. The van der Waals surface area contributed by atoms with Crippen molar-refractivity contribution < 1.29 is 4.79 Å². The fourth-order valence-electron chi connectivity index (χ4n) is 3.48.